The molecule has 0 aliphatic heterocycles. The van der Waals surface area contributed by atoms with Crippen LogP contribution in [0.15, 0.2) is 12.1 Å². The maximum atomic E-state index is 12.7. The van der Waals surface area contributed by atoms with Crippen LogP contribution in [-0.2, 0) is 4.74 Å². The Kier molecular flexibility index (Phi) is 4.16. The van der Waals surface area contributed by atoms with Gasteiger partial charge in [0.05, 0.1) is 17.7 Å². The summed E-state index contributed by atoms with van der Waals surface area (Å²) < 4.78 is 30.0. The van der Waals surface area contributed by atoms with Gasteiger partial charge in [0.15, 0.2) is 0 Å². The number of aryl methyl sites for hydroxylation is 1. The Morgan fingerprint density at radius 2 is 2.18 bits per heavy atom. The molecule has 5 heteroatoms. The summed E-state index contributed by atoms with van der Waals surface area (Å²) in [6.45, 7) is 3.20. The molecule has 0 bridgehead atoms. The third-order valence-corrected chi connectivity index (χ3v) is 2.26. The van der Waals surface area contributed by atoms with Crippen LogP contribution in [-0.4, -0.2) is 12.6 Å². The lowest BCUT2D eigenvalue weighted by atomic mass is 10.00. The highest BCUT2D eigenvalue weighted by Crippen LogP contribution is 2.26. The van der Waals surface area contributed by atoms with Crippen LogP contribution in [0.2, 0.25) is 0 Å². The minimum atomic E-state index is -2.68. The third-order valence-electron chi connectivity index (χ3n) is 2.26. The van der Waals surface area contributed by atoms with E-state index >= 15 is 0 Å². The predicted octanol–water partition coefficient (Wildman–Crippen LogP) is 2.98. The van der Waals surface area contributed by atoms with E-state index in [1.165, 1.54) is 13.0 Å². The highest BCUT2D eigenvalue weighted by Gasteiger charge is 2.19. The van der Waals surface area contributed by atoms with E-state index in [1.807, 2.05) is 0 Å². The Hall–Kier alpha value is -1.96. The second kappa shape index (κ2) is 5.39. The van der Waals surface area contributed by atoms with Crippen molar-refractivity contribution in [1.82, 2.24) is 0 Å². The van der Waals surface area contributed by atoms with Gasteiger partial charge in [0.1, 0.15) is 6.07 Å². The number of carbonyl (C=O) groups excluding carboxylic acids is 1. The fraction of sp³-hybridized carbons (Fsp3) is 0.333. The van der Waals surface area contributed by atoms with Gasteiger partial charge in [-0.2, -0.15) is 5.26 Å². The molecule has 0 aliphatic carbocycles. The lowest BCUT2D eigenvalue weighted by molar-refractivity contribution is 0.0525. The van der Waals surface area contributed by atoms with Crippen molar-refractivity contribution in [3.05, 3.63) is 34.4 Å². The van der Waals surface area contributed by atoms with Crippen LogP contribution < -0.4 is 0 Å². The molecule has 90 valence electrons. The number of ether oxygens (including phenoxy) is 1. The first-order valence-electron chi connectivity index (χ1n) is 5.01. The van der Waals surface area contributed by atoms with Crippen molar-refractivity contribution in [2.75, 3.05) is 6.61 Å². The molecule has 0 heterocycles. The van der Waals surface area contributed by atoms with E-state index in [0.29, 0.717) is 0 Å². The monoisotopic (exact) mass is 239 g/mol. The van der Waals surface area contributed by atoms with Gasteiger partial charge in [0.2, 0.25) is 0 Å². The molecule has 0 saturated heterocycles. The first-order chi connectivity index (χ1) is 8.01. The second-order valence-electron chi connectivity index (χ2n) is 3.39. The van der Waals surface area contributed by atoms with E-state index in [4.69, 9.17) is 10.00 Å². The number of nitriles is 1. The lowest BCUT2D eigenvalue weighted by Crippen LogP contribution is -2.08. The largest absolute Gasteiger partial charge is 0.462 e. The number of alkyl halides is 2. The number of halogens is 2. The topological polar surface area (TPSA) is 50.1 Å². The third kappa shape index (κ3) is 2.78. The minimum absolute atomic E-state index is 0.0466. The first-order valence-corrected chi connectivity index (χ1v) is 5.01. The van der Waals surface area contributed by atoms with Gasteiger partial charge >= 0.3 is 5.97 Å². The molecule has 0 fully saturated rings. The van der Waals surface area contributed by atoms with Crippen LogP contribution in [0, 0.1) is 18.3 Å². The lowest BCUT2D eigenvalue weighted by Gasteiger charge is -2.09. The minimum Gasteiger partial charge on any atom is -0.462 e. The number of hydrogen-bond acceptors (Lipinski definition) is 3. The average Bonchev–Trinajstić information content (AvgIpc) is 2.28. The SMILES string of the molecule is CCOC(=O)c1cc(C(F)F)c(C)cc1C#N. The molecular formula is C12H11F2NO2. The highest BCUT2D eigenvalue weighted by atomic mass is 19.3. The Morgan fingerprint density at radius 1 is 1.53 bits per heavy atom. The number of nitrogens with zero attached hydrogens (tertiary/aromatic N) is 1. The Labute approximate surface area is 97.6 Å². The average molecular weight is 239 g/mol. The normalized spacial score (nSPS) is 10.1. The molecule has 0 atom stereocenters. The van der Waals surface area contributed by atoms with E-state index in [0.717, 1.165) is 6.07 Å². The summed E-state index contributed by atoms with van der Waals surface area (Å²) in [5.74, 6) is -0.758. The number of rotatable bonds is 3. The van der Waals surface area contributed by atoms with Crippen LogP contribution in [0.3, 0.4) is 0 Å². The van der Waals surface area contributed by atoms with Crippen LogP contribution in [0.5, 0.6) is 0 Å². The maximum Gasteiger partial charge on any atom is 0.339 e. The molecule has 0 unspecified atom stereocenters. The summed E-state index contributed by atoms with van der Waals surface area (Å²) in [4.78, 5) is 11.5. The van der Waals surface area contributed by atoms with E-state index in [2.05, 4.69) is 0 Å². The summed E-state index contributed by atoms with van der Waals surface area (Å²) in [5.41, 5.74) is -0.0442. The van der Waals surface area contributed by atoms with Crippen molar-refractivity contribution < 1.29 is 18.3 Å². The number of esters is 1. The Balaban J connectivity index is 3.32. The van der Waals surface area contributed by atoms with Crippen molar-refractivity contribution in [3.8, 4) is 6.07 Å². The molecule has 17 heavy (non-hydrogen) atoms. The number of benzene rings is 1. The van der Waals surface area contributed by atoms with Crippen molar-refractivity contribution >= 4 is 5.97 Å². The summed E-state index contributed by atoms with van der Waals surface area (Å²) in [7, 11) is 0. The molecule has 0 saturated carbocycles. The number of carbonyl (C=O) groups is 1. The van der Waals surface area contributed by atoms with E-state index < -0.39 is 12.4 Å². The number of hydrogen-bond donors (Lipinski definition) is 0. The van der Waals surface area contributed by atoms with Gasteiger partial charge in [-0.3, -0.25) is 0 Å². The molecule has 0 amide bonds. The van der Waals surface area contributed by atoms with E-state index in [-0.39, 0.29) is 28.9 Å². The molecule has 1 rings (SSSR count). The molecule has 0 radical (unpaired) electrons. The molecule has 1 aromatic carbocycles. The van der Waals surface area contributed by atoms with Crippen LogP contribution in [0.4, 0.5) is 8.78 Å². The zero-order valence-corrected chi connectivity index (χ0v) is 9.46. The molecule has 3 nitrogen and oxygen atoms in total. The molecule has 0 N–H and O–H groups in total. The van der Waals surface area contributed by atoms with Crippen molar-refractivity contribution in [2.24, 2.45) is 0 Å². The van der Waals surface area contributed by atoms with Crippen molar-refractivity contribution in [3.63, 3.8) is 0 Å². The predicted molar refractivity (Wildman–Crippen MR) is 56.8 cm³/mol. The fourth-order valence-electron chi connectivity index (χ4n) is 1.43. The van der Waals surface area contributed by atoms with Gasteiger partial charge in [-0.15, -0.1) is 0 Å². The maximum absolute atomic E-state index is 12.7. The summed E-state index contributed by atoms with van der Waals surface area (Å²) in [6, 6.07) is 4.09. The summed E-state index contributed by atoms with van der Waals surface area (Å²) >= 11 is 0. The van der Waals surface area contributed by atoms with Gasteiger partial charge in [-0.25, -0.2) is 13.6 Å². The highest BCUT2D eigenvalue weighted by molar-refractivity contribution is 5.92. The molecule has 1 aromatic rings. The first kappa shape index (κ1) is 13.1. The zero-order valence-electron chi connectivity index (χ0n) is 9.46. The molecule has 0 aromatic heterocycles. The van der Waals surface area contributed by atoms with Crippen molar-refractivity contribution in [1.29, 1.82) is 5.26 Å². The van der Waals surface area contributed by atoms with E-state index in [9.17, 15) is 13.6 Å². The van der Waals surface area contributed by atoms with Crippen LogP contribution in [0.25, 0.3) is 0 Å². The molecule has 0 spiro atoms. The second-order valence-corrected chi connectivity index (χ2v) is 3.39. The summed E-state index contributed by atoms with van der Waals surface area (Å²) in [5, 5.41) is 8.84. The zero-order chi connectivity index (χ0) is 13.0. The van der Waals surface area contributed by atoms with Gasteiger partial charge in [-0.1, -0.05) is 0 Å². The van der Waals surface area contributed by atoms with Crippen molar-refractivity contribution in [2.45, 2.75) is 20.3 Å². The molecule has 0 aliphatic rings. The Bertz CT molecular complexity index is 478. The van der Waals surface area contributed by atoms with E-state index in [1.54, 1.807) is 13.0 Å². The van der Waals surface area contributed by atoms with Crippen LogP contribution in [0.1, 0.15) is 40.4 Å². The van der Waals surface area contributed by atoms with Gasteiger partial charge in [0.25, 0.3) is 6.43 Å². The molecular weight excluding hydrogens is 228 g/mol. The van der Waals surface area contributed by atoms with Gasteiger partial charge in [-0.05, 0) is 31.5 Å². The quantitative estimate of drug-likeness (QED) is 0.762. The smallest absolute Gasteiger partial charge is 0.339 e. The van der Waals surface area contributed by atoms with Gasteiger partial charge in [0, 0.05) is 5.56 Å². The standard InChI is InChI=1S/C12H11F2NO2/c1-3-17-12(16)10-5-9(11(13)14)7(2)4-8(10)6-15/h4-5,11H,3H2,1-2H3. The Morgan fingerprint density at radius 3 is 2.65 bits per heavy atom. The fourth-order valence-corrected chi connectivity index (χ4v) is 1.43. The van der Waals surface area contributed by atoms with Crippen LogP contribution >= 0.6 is 0 Å². The van der Waals surface area contributed by atoms with Gasteiger partial charge < -0.3 is 4.74 Å². The summed E-state index contributed by atoms with van der Waals surface area (Å²) in [6.07, 6.45) is -2.68.